The van der Waals surface area contributed by atoms with Gasteiger partial charge in [-0.3, -0.25) is 0 Å². The van der Waals surface area contributed by atoms with Gasteiger partial charge in [-0.15, -0.1) is 0 Å². The second kappa shape index (κ2) is 4.23. The van der Waals surface area contributed by atoms with Gasteiger partial charge in [0.25, 0.3) is 0 Å². The van der Waals surface area contributed by atoms with Gasteiger partial charge in [0.05, 0.1) is 0 Å². The second-order valence-corrected chi connectivity index (χ2v) is 8.15. The van der Waals surface area contributed by atoms with Crippen LogP contribution >= 0.6 is 0 Å². The van der Waals surface area contributed by atoms with Crippen molar-refractivity contribution < 1.29 is 17.9 Å². The summed E-state index contributed by atoms with van der Waals surface area (Å²) in [7, 11) is 0. The van der Waals surface area contributed by atoms with Crippen molar-refractivity contribution in [2.45, 2.75) is 23.1 Å². The van der Waals surface area contributed by atoms with Gasteiger partial charge >= 0.3 is 95.8 Å². The first-order chi connectivity index (χ1) is 7.04. The Labute approximate surface area is 95.8 Å². The summed E-state index contributed by atoms with van der Waals surface area (Å²) < 4.78 is 41.8. The molecule has 0 amide bonds. The zero-order valence-corrected chi connectivity index (χ0v) is 10.7. The summed E-state index contributed by atoms with van der Waals surface area (Å²) in [4.78, 5) is 0. The zero-order valence-electron chi connectivity index (χ0n) is 7.84. The molecule has 1 saturated carbocycles. The van der Waals surface area contributed by atoms with Crippen LogP contribution in [0, 0.1) is 0 Å². The van der Waals surface area contributed by atoms with Gasteiger partial charge in [-0.05, 0) is 0 Å². The van der Waals surface area contributed by atoms with Crippen molar-refractivity contribution in [2.75, 3.05) is 0 Å². The molecular weight excluding hydrogens is 203 g/mol. The molecule has 1 aliphatic carbocycles. The van der Waals surface area contributed by atoms with Gasteiger partial charge < -0.3 is 0 Å². The number of benzene rings is 1. The van der Waals surface area contributed by atoms with Crippen molar-refractivity contribution in [3.63, 3.8) is 0 Å². The van der Waals surface area contributed by atoms with E-state index >= 15 is 0 Å². The van der Waals surface area contributed by atoms with Crippen LogP contribution in [0.25, 0.3) is 0 Å². The maximum absolute atomic E-state index is 12.1. The Kier molecular flexibility index (Phi) is 3.13. The summed E-state index contributed by atoms with van der Waals surface area (Å²) >= 11 is -0.874. The van der Waals surface area contributed by atoms with Crippen LogP contribution in [-0.4, -0.2) is 27.5 Å². The fraction of sp³-hybridized carbons (Fsp3) is 0.400. The van der Waals surface area contributed by atoms with Crippen molar-refractivity contribution in [3.05, 3.63) is 24.3 Å². The van der Waals surface area contributed by atoms with Crippen LogP contribution in [0.3, 0.4) is 0 Å². The summed E-state index contributed by atoms with van der Waals surface area (Å²) in [5.41, 5.74) is 0. The standard InChI is InChI=1S/C7H4F3O.C3H5.Sn/c8-7(9,10)11-6-4-2-1-3-5-6;1-2-3-1;/h1-4H;1H,2-3H2;/i;;1+44. The summed E-state index contributed by atoms with van der Waals surface area (Å²) in [6, 6.07) is 6.54. The van der Waals surface area contributed by atoms with E-state index in [0.717, 1.165) is 3.58 Å². The third-order valence-electron chi connectivity index (χ3n) is 2.05. The molecule has 1 aromatic rings. The minimum absolute atomic E-state index is 0.0171. The summed E-state index contributed by atoms with van der Waals surface area (Å²) in [6.07, 6.45) is -2.20. The van der Waals surface area contributed by atoms with E-state index < -0.39 is 27.5 Å². The summed E-state index contributed by atoms with van der Waals surface area (Å²) in [6.45, 7) is 0. The summed E-state index contributed by atoms with van der Waals surface area (Å²) in [5.74, 6) is 0.0171. The van der Waals surface area contributed by atoms with Crippen LogP contribution in [-0.2, 0) is 0 Å². The number of ether oxygens (including phenoxy) is 1. The number of hydrogen-bond donors (Lipinski definition) is 0. The van der Waals surface area contributed by atoms with Crippen LogP contribution in [0.1, 0.15) is 12.8 Å². The SMILES string of the molecule is FC(F)(F)Oc1cccc[c]1[10Sn][CH]1CC1. The van der Waals surface area contributed by atoms with Gasteiger partial charge in [-0.1, -0.05) is 0 Å². The Hall–Kier alpha value is -0.391. The third-order valence-corrected chi connectivity index (χ3v) is 6.93. The molecule has 1 fully saturated rings. The molecule has 0 N–H and O–H groups in total. The van der Waals surface area contributed by atoms with Crippen molar-refractivity contribution in [1.82, 2.24) is 0 Å². The molecule has 1 nitrogen and oxygen atoms in total. The number of rotatable bonds is 3. The van der Waals surface area contributed by atoms with E-state index in [2.05, 4.69) is 4.74 Å². The first-order valence-corrected chi connectivity index (χ1v) is 7.73. The van der Waals surface area contributed by atoms with E-state index in [9.17, 15) is 13.2 Å². The number of alkyl halides is 3. The van der Waals surface area contributed by atoms with E-state index in [1.165, 1.54) is 18.9 Å². The van der Waals surface area contributed by atoms with Gasteiger partial charge in [0.2, 0.25) is 0 Å². The molecule has 15 heavy (non-hydrogen) atoms. The van der Waals surface area contributed by atoms with Gasteiger partial charge in [0.1, 0.15) is 0 Å². The molecule has 0 heterocycles. The predicted octanol–water partition coefficient (Wildman–Crippen LogP) is 2.50. The van der Waals surface area contributed by atoms with E-state index in [1.54, 1.807) is 18.2 Å². The molecule has 1 aromatic carbocycles. The molecule has 5 heteroatoms. The molecule has 0 saturated heterocycles. The van der Waals surface area contributed by atoms with E-state index in [4.69, 9.17) is 0 Å². The first kappa shape index (κ1) is 11.1. The van der Waals surface area contributed by atoms with Crippen LogP contribution in [0.15, 0.2) is 24.3 Å². The Morgan fingerprint density at radius 2 is 1.87 bits per heavy atom. The monoisotopic (exact) mass is 212 g/mol. The van der Waals surface area contributed by atoms with Crippen molar-refractivity contribution in [3.8, 4) is 5.75 Å². The molecule has 80 valence electrons. The maximum atomic E-state index is 12.1. The molecule has 0 atom stereocenters. The van der Waals surface area contributed by atoms with E-state index in [-0.39, 0.29) is 5.75 Å². The Balaban J connectivity index is 2.13. The molecule has 0 aromatic heterocycles. The van der Waals surface area contributed by atoms with Gasteiger partial charge in [-0.25, -0.2) is 0 Å². The molecule has 0 bridgehead atoms. The van der Waals surface area contributed by atoms with Gasteiger partial charge in [0.15, 0.2) is 0 Å². The predicted molar refractivity (Wildman–Crippen MR) is 51.5 cm³/mol. The number of para-hydroxylation sites is 1. The number of halogens is 3. The molecule has 1 aliphatic rings. The molecule has 2 radical (unpaired) electrons. The van der Waals surface area contributed by atoms with Crippen LogP contribution in [0.2, 0.25) is 3.93 Å². The van der Waals surface area contributed by atoms with Crippen LogP contribution in [0.4, 0.5) is 13.2 Å². The van der Waals surface area contributed by atoms with E-state index in [1.807, 2.05) is 0 Å². The van der Waals surface area contributed by atoms with Crippen LogP contribution < -0.4 is 8.32 Å². The van der Waals surface area contributed by atoms with Crippen molar-refractivity contribution >= 4 is 24.7 Å². The van der Waals surface area contributed by atoms with E-state index in [0.29, 0.717) is 3.93 Å². The number of hydrogen-bond acceptors (Lipinski definition) is 1. The average Bonchev–Trinajstić information content (AvgIpc) is 2.89. The minimum atomic E-state index is -4.57. The Bertz CT molecular complexity index is 347. The molecule has 2 rings (SSSR count). The molecule has 0 unspecified atom stereocenters. The Morgan fingerprint density at radius 3 is 2.47 bits per heavy atom. The molecular formula is C10H9F3OSn. The normalized spacial score (nSPS) is 16.5. The fourth-order valence-electron chi connectivity index (χ4n) is 1.25. The van der Waals surface area contributed by atoms with Crippen molar-refractivity contribution in [2.24, 2.45) is 0 Å². The topological polar surface area (TPSA) is 9.23 Å². The van der Waals surface area contributed by atoms with Gasteiger partial charge in [0, 0.05) is 0 Å². The molecule has 0 aliphatic heterocycles. The average molecular weight is 212 g/mol. The zero-order chi connectivity index (χ0) is 10.9. The summed E-state index contributed by atoms with van der Waals surface area (Å²) in [5, 5.41) is 0. The van der Waals surface area contributed by atoms with Crippen LogP contribution in [0.5, 0.6) is 5.75 Å². The molecule has 0 spiro atoms. The van der Waals surface area contributed by atoms with Crippen molar-refractivity contribution in [1.29, 1.82) is 0 Å². The third kappa shape index (κ3) is 3.59. The second-order valence-electron chi connectivity index (χ2n) is 3.46. The fourth-order valence-corrected chi connectivity index (χ4v) is 5.14. The van der Waals surface area contributed by atoms with Gasteiger partial charge in [-0.2, -0.15) is 0 Å². The first-order valence-electron chi connectivity index (χ1n) is 4.66. The quantitative estimate of drug-likeness (QED) is 0.699. The Morgan fingerprint density at radius 1 is 1.20 bits per heavy atom.